The molecule has 0 saturated heterocycles. The van der Waals surface area contributed by atoms with E-state index in [9.17, 15) is 0 Å². The van der Waals surface area contributed by atoms with Crippen molar-refractivity contribution in [3.63, 3.8) is 0 Å². The van der Waals surface area contributed by atoms with Gasteiger partial charge in [0.2, 0.25) is 0 Å². The largest absolute Gasteiger partial charge is 0.387 e. The molecule has 1 aromatic rings. The average molecular weight is 156 g/mol. The van der Waals surface area contributed by atoms with Crippen LogP contribution in [0.1, 0.15) is 5.56 Å². The van der Waals surface area contributed by atoms with Crippen molar-refractivity contribution < 1.29 is 0 Å². The molecule has 0 atom stereocenters. The monoisotopic (exact) mass is 156 g/mol. The van der Waals surface area contributed by atoms with Gasteiger partial charge in [-0.3, -0.25) is 0 Å². The molecule has 1 radical (unpaired) electrons. The van der Waals surface area contributed by atoms with Crippen LogP contribution in [0.5, 0.6) is 0 Å². The first-order chi connectivity index (χ1) is 5.97. The van der Waals surface area contributed by atoms with E-state index in [1.165, 1.54) is 5.56 Å². The van der Waals surface area contributed by atoms with Crippen LogP contribution in [0.3, 0.4) is 0 Å². The Bertz CT molecular complexity index is 309. The average Bonchev–Trinajstić information content (AvgIpc) is 2.21. The van der Waals surface area contributed by atoms with Crippen LogP contribution < -0.4 is 5.32 Å². The number of rotatable bonds is 1. The number of dihydropyridines is 1. The summed E-state index contributed by atoms with van der Waals surface area (Å²) in [7, 11) is 0. The zero-order chi connectivity index (χ0) is 8.23. The van der Waals surface area contributed by atoms with Crippen molar-refractivity contribution in [2.24, 2.45) is 0 Å². The van der Waals surface area contributed by atoms with Crippen LogP contribution in [-0.2, 0) is 0 Å². The molecule has 0 spiro atoms. The zero-order valence-electron chi connectivity index (χ0n) is 6.75. The van der Waals surface area contributed by atoms with Gasteiger partial charge < -0.3 is 5.32 Å². The summed E-state index contributed by atoms with van der Waals surface area (Å²) in [6, 6.07) is 10.3. The Morgan fingerprint density at radius 3 is 2.67 bits per heavy atom. The van der Waals surface area contributed by atoms with E-state index in [4.69, 9.17) is 0 Å². The lowest BCUT2D eigenvalue weighted by Crippen LogP contribution is -2.08. The van der Waals surface area contributed by atoms with Gasteiger partial charge in [0, 0.05) is 18.3 Å². The molecule has 0 saturated carbocycles. The molecule has 0 aliphatic carbocycles. The molecule has 2 rings (SSSR count). The third-order valence-electron chi connectivity index (χ3n) is 1.81. The fourth-order valence-electron chi connectivity index (χ4n) is 1.21. The predicted octanol–water partition coefficient (Wildman–Crippen LogP) is 1.99. The van der Waals surface area contributed by atoms with E-state index in [1.807, 2.05) is 30.5 Å². The van der Waals surface area contributed by atoms with Crippen LogP contribution in [-0.4, -0.2) is 6.54 Å². The second-order valence-electron chi connectivity index (χ2n) is 2.68. The molecule has 1 aliphatic rings. The van der Waals surface area contributed by atoms with Crippen LogP contribution in [0.4, 0.5) is 0 Å². The number of hydrogen-bond donors (Lipinski definition) is 1. The van der Waals surface area contributed by atoms with Gasteiger partial charge in [-0.15, -0.1) is 0 Å². The van der Waals surface area contributed by atoms with Gasteiger partial charge in [-0.05, 0) is 11.6 Å². The lowest BCUT2D eigenvalue weighted by atomic mass is 10.1. The molecule has 1 N–H and O–H groups in total. The van der Waals surface area contributed by atoms with Gasteiger partial charge in [0.15, 0.2) is 0 Å². The molecule has 0 fully saturated rings. The van der Waals surface area contributed by atoms with Gasteiger partial charge in [0.05, 0.1) is 0 Å². The summed E-state index contributed by atoms with van der Waals surface area (Å²) in [5.74, 6) is 0. The molecule has 1 aromatic carbocycles. The Hall–Kier alpha value is -1.50. The first-order valence-corrected chi connectivity index (χ1v) is 4.04. The molecule has 0 amide bonds. The van der Waals surface area contributed by atoms with Crippen LogP contribution in [0, 0.1) is 6.08 Å². The highest BCUT2D eigenvalue weighted by Gasteiger charge is 1.98. The number of allylic oxidation sites excluding steroid dienone is 2. The molecule has 1 nitrogen and oxygen atoms in total. The highest BCUT2D eigenvalue weighted by Crippen LogP contribution is 2.14. The maximum atomic E-state index is 3.21. The third-order valence-corrected chi connectivity index (χ3v) is 1.81. The third kappa shape index (κ3) is 1.40. The maximum Gasteiger partial charge on any atom is 0.0334 e. The number of benzene rings is 1. The lowest BCUT2D eigenvalue weighted by Gasteiger charge is -2.07. The van der Waals surface area contributed by atoms with Gasteiger partial charge in [-0.2, -0.15) is 0 Å². The van der Waals surface area contributed by atoms with Gasteiger partial charge in [0.25, 0.3) is 0 Å². The molecular formula is C11H10N. The standard InChI is InChI=1S/C11H10N/c1-2-5-10(6-3-1)11-7-4-8-12-9-11/h1-6,9,12H,8H2. The summed E-state index contributed by atoms with van der Waals surface area (Å²) < 4.78 is 0. The van der Waals surface area contributed by atoms with E-state index in [2.05, 4.69) is 23.5 Å². The van der Waals surface area contributed by atoms with E-state index < -0.39 is 0 Å². The summed E-state index contributed by atoms with van der Waals surface area (Å²) in [4.78, 5) is 0. The molecule has 1 heterocycles. The Morgan fingerprint density at radius 2 is 2.00 bits per heavy atom. The minimum absolute atomic E-state index is 0.885. The van der Waals surface area contributed by atoms with E-state index in [1.54, 1.807) is 0 Å². The molecule has 59 valence electrons. The molecule has 1 heteroatoms. The predicted molar refractivity (Wildman–Crippen MR) is 50.2 cm³/mol. The van der Waals surface area contributed by atoms with Crippen LogP contribution >= 0.6 is 0 Å². The normalized spacial score (nSPS) is 15.2. The Balaban J connectivity index is 2.31. The first kappa shape index (κ1) is 7.17. The molecule has 1 aliphatic heterocycles. The van der Waals surface area contributed by atoms with Crippen LogP contribution in [0.25, 0.3) is 5.57 Å². The number of nitrogens with one attached hydrogen (secondary N) is 1. The smallest absolute Gasteiger partial charge is 0.0334 e. The van der Waals surface area contributed by atoms with E-state index in [0.29, 0.717) is 0 Å². The van der Waals surface area contributed by atoms with E-state index in [-0.39, 0.29) is 0 Å². The molecule has 0 aromatic heterocycles. The fraction of sp³-hybridized carbons (Fsp3) is 0.0909. The van der Waals surface area contributed by atoms with E-state index >= 15 is 0 Å². The highest BCUT2D eigenvalue weighted by atomic mass is 14.8. The lowest BCUT2D eigenvalue weighted by molar-refractivity contribution is 0.972. The van der Waals surface area contributed by atoms with Crippen LogP contribution in [0.15, 0.2) is 42.6 Å². The summed E-state index contributed by atoms with van der Waals surface area (Å²) in [6.45, 7) is 0.885. The van der Waals surface area contributed by atoms with Crippen molar-refractivity contribution in [2.75, 3.05) is 6.54 Å². The van der Waals surface area contributed by atoms with Crippen molar-refractivity contribution >= 4 is 5.57 Å². The Kier molecular flexibility index (Phi) is 1.95. The maximum absolute atomic E-state index is 3.21. The molecule has 12 heavy (non-hydrogen) atoms. The summed E-state index contributed by atoms with van der Waals surface area (Å²) in [6.07, 6.45) is 7.21. The van der Waals surface area contributed by atoms with Crippen molar-refractivity contribution in [1.82, 2.24) is 5.32 Å². The van der Waals surface area contributed by atoms with Gasteiger partial charge >= 0.3 is 0 Å². The highest BCUT2D eigenvalue weighted by molar-refractivity contribution is 5.71. The minimum atomic E-state index is 0.885. The summed E-state index contributed by atoms with van der Waals surface area (Å²) in [5.41, 5.74) is 2.34. The van der Waals surface area contributed by atoms with Crippen molar-refractivity contribution in [2.45, 2.75) is 0 Å². The second kappa shape index (κ2) is 3.26. The minimum Gasteiger partial charge on any atom is -0.387 e. The molecule has 0 bridgehead atoms. The zero-order valence-corrected chi connectivity index (χ0v) is 6.75. The topological polar surface area (TPSA) is 12.0 Å². The quantitative estimate of drug-likeness (QED) is 0.655. The van der Waals surface area contributed by atoms with Crippen molar-refractivity contribution in [3.8, 4) is 0 Å². The summed E-state index contributed by atoms with van der Waals surface area (Å²) in [5, 5.41) is 3.15. The fourth-order valence-corrected chi connectivity index (χ4v) is 1.21. The van der Waals surface area contributed by atoms with Crippen molar-refractivity contribution in [3.05, 3.63) is 54.2 Å². The van der Waals surface area contributed by atoms with E-state index in [0.717, 1.165) is 12.1 Å². The van der Waals surface area contributed by atoms with Crippen LogP contribution in [0.2, 0.25) is 0 Å². The first-order valence-electron chi connectivity index (χ1n) is 4.04. The van der Waals surface area contributed by atoms with Gasteiger partial charge in [0.1, 0.15) is 0 Å². The summed E-state index contributed by atoms with van der Waals surface area (Å²) >= 11 is 0. The van der Waals surface area contributed by atoms with Gasteiger partial charge in [-0.1, -0.05) is 36.4 Å². The van der Waals surface area contributed by atoms with Gasteiger partial charge in [-0.25, -0.2) is 0 Å². The number of hydrogen-bond acceptors (Lipinski definition) is 1. The molecular weight excluding hydrogens is 146 g/mol. The Morgan fingerprint density at radius 1 is 1.17 bits per heavy atom. The molecule has 0 unspecified atom stereocenters. The van der Waals surface area contributed by atoms with Crippen molar-refractivity contribution in [1.29, 1.82) is 0 Å². The Labute approximate surface area is 72.4 Å². The second-order valence-corrected chi connectivity index (χ2v) is 2.68. The SMILES string of the molecule is [C]1=CCNC=C1c1ccccc1.